The van der Waals surface area contributed by atoms with Crippen LogP contribution in [0.15, 0.2) is 66.9 Å². The van der Waals surface area contributed by atoms with Crippen molar-refractivity contribution in [1.82, 2.24) is 10.3 Å². The Morgan fingerprint density at radius 2 is 1.59 bits per heavy atom. The zero-order valence-electron chi connectivity index (χ0n) is 18.2. The van der Waals surface area contributed by atoms with Gasteiger partial charge in [0.15, 0.2) is 0 Å². The summed E-state index contributed by atoms with van der Waals surface area (Å²) in [5.74, 6) is -1.55. The lowest BCUT2D eigenvalue weighted by atomic mass is 9.79. The molecule has 5 rings (SSSR count). The van der Waals surface area contributed by atoms with Gasteiger partial charge in [0.25, 0.3) is 0 Å². The molecule has 0 unspecified atom stereocenters. The Bertz CT molecular complexity index is 1210. The van der Waals surface area contributed by atoms with Gasteiger partial charge in [-0.1, -0.05) is 48.5 Å². The lowest BCUT2D eigenvalue weighted by molar-refractivity contribution is -0.122. The van der Waals surface area contributed by atoms with Crippen molar-refractivity contribution in [2.75, 3.05) is 11.9 Å². The molecule has 1 fully saturated rings. The molecule has 3 aromatic rings. The van der Waals surface area contributed by atoms with Gasteiger partial charge in [0, 0.05) is 17.9 Å². The SMILES string of the molecule is O=C(NC1CC(C(=O)Nc2ccc(C(=O)O)nc2)C1)OCC1c2ccccc2-c2ccccc21. The number of fused-ring (bicyclic) bond motifs is 3. The van der Waals surface area contributed by atoms with Crippen LogP contribution in [0.3, 0.4) is 0 Å². The standard InChI is InChI=1S/C26H23N3O5/c30-24(28-16-9-10-23(25(31)32)27-13-16)15-11-17(12-15)29-26(33)34-14-22-20-7-3-1-5-18(20)19-6-2-4-8-21(19)22/h1-10,13,15,17,22H,11-12,14H2,(H,28,30)(H,29,33)(H,31,32). The lowest BCUT2D eigenvalue weighted by Gasteiger charge is -2.34. The Hall–Kier alpha value is -4.20. The van der Waals surface area contributed by atoms with E-state index in [0.29, 0.717) is 18.5 Å². The molecule has 1 aromatic heterocycles. The van der Waals surface area contributed by atoms with Crippen molar-refractivity contribution in [1.29, 1.82) is 0 Å². The van der Waals surface area contributed by atoms with Crippen molar-refractivity contribution in [2.45, 2.75) is 24.8 Å². The minimum absolute atomic E-state index is 0.000748. The predicted octanol–water partition coefficient (Wildman–Crippen LogP) is 4.04. The van der Waals surface area contributed by atoms with E-state index in [-0.39, 0.29) is 36.1 Å². The third kappa shape index (κ3) is 4.22. The number of anilines is 1. The number of carboxylic acids is 1. The number of benzene rings is 2. The van der Waals surface area contributed by atoms with E-state index >= 15 is 0 Å². The van der Waals surface area contributed by atoms with Gasteiger partial charge in [0.05, 0.1) is 11.9 Å². The van der Waals surface area contributed by atoms with Gasteiger partial charge in [-0.15, -0.1) is 0 Å². The Kier molecular flexibility index (Phi) is 5.71. The molecule has 8 heteroatoms. The Labute approximate surface area is 196 Å². The van der Waals surface area contributed by atoms with E-state index < -0.39 is 12.1 Å². The molecule has 0 saturated heterocycles. The highest BCUT2D eigenvalue weighted by Gasteiger charge is 2.36. The van der Waals surface area contributed by atoms with Crippen LogP contribution >= 0.6 is 0 Å². The number of nitrogens with zero attached hydrogens (tertiary/aromatic N) is 1. The molecule has 2 aliphatic carbocycles. The predicted molar refractivity (Wildman–Crippen MR) is 125 cm³/mol. The highest BCUT2D eigenvalue weighted by atomic mass is 16.5. The number of hydrogen-bond acceptors (Lipinski definition) is 5. The number of aromatic nitrogens is 1. The number of carbonyl (C=O) groups excluding carboxylic acids is 2. The number of rotatable bonds is 6. The zero-order chi connectivity index (χ0) is 23.7. The minimum Gasteiger partial charge on any atom is -0.477 e. The molecule has 3 N–H and O–H groups in total. The fourth-order valence-corrected chi connectivity index (χ4v) is 4.60. The molecule has 0 spiro atoms. The maximum Gasteiger partial charge on any atom is 0.407 e. The van der Waals surface area contributed by atoms with Crippen molar-refractivity contribution >= 4 is 23.7 Å². The van der Waals surface area contributed by atoms with E-state index in [9.17, 15) is 14.4 Å². The van der Waals surface area contributed by atoms with E-state index in [1.165, 1.54) is 29.5 Å². The van der Waals surface area contributed by atoms with E-state index in [0.717, 1.165) is 11.1 Å². The quantitative estimate of drug-likeness (QED) is 0.514. The van der Waals surface area contributed by atoms with Crippen LogP contribution < -0.4 is 10.6 Å². The van der Waals surface area contributed by atoms with E-state index in [2.05, 4.69) is 39.9 Å². The molecule has 0 bridgehead atoms. The average Bonchev–Trinajstić information content (AvgIpc) is 3.14. The van der Waals surface area contributed by atoms with Gasteiger partial charge in [-0.25, -0.2) is 14.6 Å². The van der Waals surface area contributed by atoms with Crippen molar-refractivity contribution in [3.63, 3.8) is 0 Å². The Balaban J connectivity index is 1.10. The second-order valence-corrected chi connectivity index (χ2v) is 8.56. The third-order valence-corrected chi connectivity index (χ3v) is 6.42. The van der Waals surface area contributed by atoms with Gasteiger partial charge < -0.3 is 20.5 Å². The van der Waals surface area contributed by atoms with Crippen molar-refractivity contribution in [2.24, 2.45) is 5.92 Å². The van der Waals surface area contributed by atoms with Gasteiger partial charge in [0.1, 0.15) is 12.3 Å². The summed E-state index contributed by atoms with van der Waals surface area (Å²) in [4.78, 5) is 39.4. The van der Waals surface area contributed by atoms with Gasteiger partial charge >= 0.3 is 12.1 Å². The molecule has 1 heterocycles. The number of hydrogen-bond donors (Lipinski definition) is 3. The van der Waals surface area contributed by atoms with Crippen LogP contribution in [0.5, 0.6) is 0 Å². The summed E-state index contributed by atoms with van der Waals surface area (Å²) in [7, 11) is 0. The van der Waals surface area contributed by atoms with Crippen LogP contribution in [0.2, 0.25) is 0 Å². The molecule has 34 heavy (non-hydrogen) atoms. The first-order valence-corrected chi connectivity index (χ1v) is 11.1. The minimum atomic E-state index is -1.13. The van der Waals surface area contributed by atoms with Crippen LogP contribution in [-0.2, 0) is 9.53 Å². The van der Waals surface area contributed by atoms with Crippen LogP contribution in [0.1, 0.15) is 40.4 Å². The van der Waals surface area contributed by atoms with Crippen LogP contribution in [-0.4, -0.2) is 40.7 Å². The number of amides is 2. The van der Waals surface area contributed by atoms with E-state index in [1.807, 2.05) is 24.3 Å². The Morgan fingerprint density at radius 3 is 2.18 bits per heavy atom. The first-order valence-electron chi connectivity index (χ1n) is 11.1. The molecule has 172 valence electrons. The number of pyridine rings is 1. The smallest absolute Gasteiger partial charge is 0.407 e. The van der Waals surface area contributed by atoms with Crippen molar-refractivity contribution < 1.29 is 24.2 Å². The topological polar surface area (TPSA) is 118 Å². The largest absolute Gasteiger partial charge is 0.477 e. The molecule has 1 saturated carbocycles. The van der Waals surface area contributed by atoms with E-state index in [1.54, 1.807) is 0 Å². The highest BCUT2D eigenvalue weighted by molar-refractivity contribution is 5.93. The van der Waals surface area contributed by atoms with Crippen LogP contribution in [0.4, 0.5) is 10.5 Å². The second-order valence-electron chi connectivity index (χ2n) is 8.56. The number of aromatic carboxylic acids is 1. The molecular formula is C26H23N3O5. The number of nitrogens with one attached hydrogen (secondary N) is 2. The molecule has 2 amide bonds. The van der Waals surface area contributed by atoms with Crippen LogP contribution in [0.25, 0.3) is 11.1 Å². The summed E-state index contributed by atoms with van der Waals surface area (Å²) >= 11 is 0. The van der Waals surface area contributed by atoms with Gasteiger partial charge in [-0.05, 0) is 47.2 Å². The maximum absolute atomic E-state index is 12.4. The highest BCUT2D eigenvalue weighted by Crippen LogP contribution is 2.44. The van der Waals surface area contributed by atoms with Gasteiger partial charge in [0.2, 0.25) is 5.91 Å². The maximum atomic E-state index is 12.4. The summed E-state index contributed by atoms with van der Waals surface area (Å²) in [5, 5.41) is 14.5. The summed E-state index contributed by atoms with van der Waals surface area (Å²) in [6.07, 6.45) is 1.85. The third-order valence-electron chi connectivity index (χ3n) is 6.42. The molecule has 0 radical (unpaired) electrons. The lowest BCUT2D eigenvalue weighted by Crippen LogP contribution is -2.48. The molecule has 2 aromatic carbocycles. The Morgan fingerprint density at radius 1 is 0.941 bits per heavy atom. The summed E-state index contributed by atoms with van der Waals surface area (Å²) in [6.45, 7) is 0.246. The zero-order valence-corrected chi connectivity index (χ0v) is 18.2. The normalized spacial score (nSPS) is 18.2. The first kappa shape index (κ1) is 21.6. The van der Waals surface area contributed by atoms with Crippen molar-refractivity contribution in [3.8, 4) is 11.1 Å². The number of carboxylic acid groups (broad SMARTS) is 1. The monoisotopic (exact) mass is 457 g/mol. The fourth-order valence-electron chi connectivity index (χ4n) is 4.60. The van der Waals surface area contributed by atoms with Crippen molar-refractivity contribution in [3.05, 3.63) is 83.7 Å². The summed E-state index contributed by atoms with van der Waals surface area (Å²) in [6, 6.07) is 19.0. The molecule has 8 nitrogen and oxygen atoms in total. The summed E-state index contributed by atoms with van der Waals surface area (Å²) in [5.41, 5.74) is 5.00. The number of alkyl carbamates (subject to hydrolysis) is 1. The van der Waals surface area contributed by atoms with E-state index in [4.69, 9.17) is 9.84 Å². The first-order chi connectivity index (χ1) is 16.5. The fraction of sp³-hybridized carbons (Fsp3) is 0.231. The van der Waals surface area contributed by atoms with Gasteiger partial charge in [-0.2, -0.15) is 0 Å². The molecule has 0 aliphatic heterocycles. The molecule has 2 aliphatic rings. The molecule has 0 atom stereocenters. The number of ether oxygens (including phenoxy) is 1. The molecular weight excluding hydrogens is 434 g/mol. The van der Waals surface area contributed by atoms with Gasteiger partial charge in [-0.3, -0.25) is 4.79 Å². The van der Waals surface area contributed by atoms with Crippen LogP contribution in [0, 0.1) is 5.92 Å². The number of carbonyl (C=O) groups is 3. The second kappa shape index (κ2) is 8.97. The average molecular weight is 457 g/mol. The summed E-state index contributed by atoms with van der Waals surface area (Å²) < 4.78 is 5.56.